The highest BCUT2D eigenvalue weighted by atomic mass is 35.5. The highest BCUT2D eigenvalue weighted by molar-refractivity contribution is 6.35. The van der Waals surface area contributed by atoms with Crippen molar-refractivity contribution in [3.63, 3.8) is 0 Å². The van der Waals surface area contributed by atoms with Gasteiger partial charge < -0.3 is 9.84 Å². The fraction of sp³-hybridized carbons (Fsp3) is 0.111. The standard InChI is InChI=1S/C9H6Cl2N2O2/c1-15-7-2-4-5(3-6(7)14)12-9(11)13-8(4)10/h2-3,14H,1H3. The van der Waals surface area contributed by atoms with E-state index in [-0.39, 0.29) is 16.2 Å². The van der Waals surface area contributed by atoms with Crippen LogP contribution in [0.1, 0.15) is 0 Å². The SMILES string of the molecule is COc1cc2c(Cl)nc(Cl)nc2cc1O. The number of benzene rings is 1. The van der Waals surface area contributed by atoms with Crippen LogP contribution in [0.2, 0.25) is 10.4 Å². The fourth-order valence-electron chi connectivity index (χ4n) is 1.24. The second-order valence-corrected chi connectivity index (χ2v) is 3.52. The van der Waals surface area contributed by atoms with E-state index in [1.54, 1.807) is 6.07 Å². The Morgan fingerprint density at radius 3 is 2.67 bits per heavy atom. The van der Waals surface area contributed by atoms with Gasteiger partial charge in [0.2, 0.25) is 5.28 Å². The van der Waals surface area contributed by atoms with Gasteiger partial charge in [0.25, 0.3) is 0 Å². The first-order valence-corrected chi connectivity index (χ1v) is 4.77. The van der Waals surface area contributed by atoms with Crippen LogP contribution < -0.4 is 4.74 Å². The summed E-state index contributed by atoms with van der Waals surface area (Å²) >= 11 is 11.5. The molecule has 0 aliphatic heterocycles. The van der Waals surface area contributed by atoms with E-state index in [0.29, 0.717) is 16.7 Å². The monoisotopic (exact) mass is 244 g/mol. The van der Waals surface area contributed by atoms with Gasteiger partial charge in [0.05, 0.1) is 12.6 Å². The molecule has 15 heavy (non-hydrogen) atoms. The lowest BCUT2D eigenvalue weighted by atomic mass is 10.2. The average molecular weight is 245 g/mol. The van der Waals surface area contributed by atoms with Gasteiger partial charge in [0.15, 0.2) is 11.5 Å². The van der Waals surface area contributed by atoms with Crippen LogP contribution in [-0.4, -0.2) is 22.2 Å². The Morgan fingerprint density at radius 1 is 1.27 bits per heavy atom. The third-order valence-electron chi connectivity index (χ3n) is 1.92. The minimum Gasteiger partial charge on any atom is -0.504 e. The molecule has 0 saturated carbocycles. The number of phenolic OH excluding ortho intramolecular Hbond substituents is 1. The molecular weight excluding hydrogens is 239 g/mol. The quantitative estimate of drug-likeness (QED) is 0.619. The Kier molecular flexibility index (Phi) is 2.54. The molecule has 0 radical (unpaired) electrons. The number of nitrogens with zero attached hydrogens (tertiary/aromatic N) is 2. The summed E-state index contributed by atoms with van der Waals surface area (Å²) in [6, 6.07) is 2.98. The summed E-state index contributed by atoms with van der Waals surface area (Å²) in [6.45, 7) is 0. The number of phenols is 1. The van der Waals surface area contributed by atoms with Crippen molar-refractivity contribution in [2.24, 2.45) is 0 Å². The van der Waals surface area contributed by atoms with Gasteiger partial charge in [-0.2, -0.15) is 0 Å². The summed E-state index contributed by atoms with van der Waals surface area (Å²) in [7, 11) is 1.45. The Labute approximate surface area is 95.4 Å². The zero-order valence-corrected chi connectivity index (χ0v) is 9.17. The van der Waals surface area contributed by atoms with Crippen LogP contribution in [0, 0.1) is 0 Å². The van der Waals surface area contributed by atoms with Gasteiger partial charge >= 0.3 is 0 Å². The van der Waals surface area contributed by atoms with Crippen molar-refractivity contribution in [1.29, 1.82) is 0 Å². The number of aromatic hydroxyl groups is 1. The zero-order chi connectivity index (χ0) is 11.0. The number of methoxy groups -OCH3 is 1. The summed E-state index contributed by atoms with van der Waals surface area (Å²) < 4.78 is 4.94. The second kappa shape index (κ2) is 3.72. The van der Waals surface area contributed by atoms with E-state index in [9.17, 15) is 5.11 Å². The predicted molar refractivity (Wildman–Crippen MR) is 57.8 cm³/mol. The van der Waals surface area contributed by atoms with Crippen molar-refractivity contribution < 1.29 is 9.84 Å². The van der Waals surface area contributed by atoms with Crippen molar-refractivity contribution in [1.82, 2.24) is 9.97 Å². The lowest BCUT2D eigenvalue weighted by Gasteiger charge is -2.05. The number of halogens is 2. The maximum Gasteiger partial charge on any atom is 0.224 e. The molecular formula is C9H6Cl2N2O2. The highest BCUT2D eigenvalue weighted by Gasteiger charge is 2.09. The number of hydrogen-bond donors (Lipinski definition) is 1. The molecule has 0 unspecified atom stereocenters. The third-order valence-corrected chi connectivity index (χ3v) is 2.38. The van der Waals surface area contributed by atoms with E-state index in [4.69, 9.17) is 27.9 Å². The third kappa shape index (κ3) is 1.78. The first-order valence-electron chi connectivity index (χ1n) is 4.01. The number of aromatic nitrogens is 2. The van der Waals surface area contributed by atoms with Crippen LogP contribution in [0.25, 0.3) is 10.9 Å². The maximum absolute atomic E-state index is 9.52. The van der Waals surface area contributed by atoms with Gasteiger partial charge in [-0.25, -0.2) is 9.97 Å². The Morgan fingerprint density at radius 2 is 2.00 bits per heavy atom. The van der Waals surface area contributed by atoms with E-state index in [2.05, 4.69) is 9.97 Å². The Balaban J connectivity index is 2.81. The van der Waals surface area contributed by atoms with E-state index in [1.165, 1.54) is 13.2 Å². The fourth-order valence-corrected chi connectivity index (χ4v) is 1.69. The smallest absolute Gasteiger partial charge is 0.224 e. The van der Waals surface area contributed by atoms with Crippen LogP contribution in [0.4, 0.5) is 0 Å². The van der Waals surface area contributed by atoms with Crippen LogP contribution in [-0.2, 0) is 0 Å². The minimum absolute atomic E-state index is 0.0177. The maximum atomic E-state index is 9.52. The molecule has 6 heteroatoms. The Hall–Kier alpha value is -1.26. The largest absolute Gasteiger partial charge is 0.504 e. The summed E-state index contributed by atoms with van der Waals surface area (Å²) in [5.41, 5.74) is 0.471. The number of hydrogen-bond acceptors (Lipinski definition) is 4. The average Bonchev–Trinajstić information content (AvgIpc) is 2.16. The van der Waals surface area contributed by atoms with Gasteiger partial charge in [-0.05, 0) is 17.7 Å². The van der Waals surface area contributed by atoms with Crippen LogP contribution in [0.15, 0.2) is 12.1 Å². The van der Waals surface area contributed by atoms with Crippen molar-refractivity contribution >= 4 is 34.1 Å². The molecule has 0 saturated heterocycles. The molecule has 0 aliphatic rings. The number of rotatable bonds is 1. The summed E-state index contributed by atoms with van der Waals surface area (Å²) in [5.74, 6) is 0.297. The highest BCUT2D eigenvalue weighted by Crippen LogP contribution is 2.33. The number of ether oxygens (including phenoxy) is 1. The molecule has 0 fully saturated rings. The lowest BCUT2D eigenvalue weighted by Crippen LogP contribution is -1.89. The molecule has 1 aromatic heterocycles. The van der Waals surface area contributed by atoms with E-state index in [0.717, 1.165) is 0 Å². The van der Waals surface area contributed by atoms with Crippen molar-refractivity contribution in [2.75, 3.05) is 7.11 Å². The minimum atomic E-state index is -0.0177. The molecule has 0 bridgehead atoms. The molecule has 0 atom stereocenters. The molecule has 4 nitrogen and oxygen atoms in total. The zero-order valence-electron chi connectivity index (χ0n) is 7.66. The first kappa shape index (κ1) is 10.3. The van der Waals surface area contributed by atoms with E-state index in [1.807, 2.05) is 0 Å². The van der Waals surface area contributed by atoms with E-state index >= 15 is 0 Å². The number of fused-ring (bicyclic) bond motifs is 1. The van der Waals surface area contributed by atoms with Crippen LogP contribution in [0.5, 0.6) is 11.5 Å². The summed E-state index contributed by atoms with van der Waals surface area (Å²) in [6.07, 6.45) is 0. The molecule has 0 aliphatic carbocycles. The van der Waals surface area contributed by atoms with Crippen molar-refractivity contribution in [3.8, 4) is 11.5 Å². The van der Waals surface area contributed by atoms with Crippen molar-refractivity contribution in [2.45, 2.75) is 0 Å². The normalized spacial score (nSPS) is 10.6. The van der Waals surface area contributed by atoms with Gasteiger partial charge in [-0.15, -0.1) is 0 Å². The van der Waals surface area contributed by atoms with Crippen molar-refractivity contribution in [3.05, 3.63) is 22.6 Å². The topological polar surface area (TPSA) is 55.2 Å². The van der Waals surface area contributed by atoms with Crippen LogP contribution in [0.3, 0.4) is 0 Å². The molecule has 1 heterocycles. The summed E-state index contributed by atoms with van der Waals surface area (Å²) in [4.78, 5) is 7.72. The molecule has 0 spiro atoms. The summed E-state index contributed by atoms with van der Waals surface area (Å²) in [5, 5.41) is 10.4. The Bertz CT molecular complexity index is 531. The molecule has 0 amide bonds. The van der Waals surface area contributed by atoms with Gasteiger partial charge in [0, 0.05) is 11.5 Å². The van der Waals surface area contributed by atoms with Gasteiger partial charge in [-0.1, -0.05) is 11.6 Å². The van der Waals surface area contributed by atoms with E-state index < -0.39 is 0 Å². The molecule has 2 aromatic rings. The van der Waals surface area contributed by atoms with Crippen LogP contribution >= 0.6 is 23.2 Å². The van der Waals surface area contributed by atoms with Gasteiger partial charge in [-0.3, -0.25) is 0 Å². The molecule has 1 aromatic carbocycles. The van der Waals surface area contributed by atoms with Gasteiger partial charge in [0.1, 0.15) is 5.15 Å². The first-order chi connectivity index (χ1) is 7.11. The molecule has 78 valence electrons. The second-order valence-electron chi connectivity index (χ2n) is 2.82. The molecule has 1 N–H and O–H groups in total. The predicted octanol–water partition coefficient (Wildman–Crippen LogP) is 2.65. The molecule has 2 rings (SSSR count). The lowest BCUT2D eigenvalue weighted by molar-refractivity contribution is 0.374.